The molecule has 0 aliphatic carbocycles. The number of benzene rings is 4. The van der Waals surface area contributed by atoms with E-state index >= 15 is 0 Å². The maximum absolute atomic E-state index is 8.90. The van der Waals surface area contributed by atoms with E-state index in [-0.39, 0.29) is 36.5 Å². The Kier molecular flexibility index (Phi) is 10.2. The van der Waals surface area contributed by atoms with Gasteiger partial charge in [-0.05, 0) is 35.4 Å². The van der Waals surface area contributed by atoms with Gasteiger partial charge in [-0.25, -0.2) is 0 Å². The summed E-state index contributed by atoms with van der Waals surface area (Å²) in [7, 11) is 0. The Balaban J connectivity index is 0.00000228. The van der Waals surface area contributed by atoms with Crippen molar-refractivity contribution in [3.63, 3.8) is 0 Å². The third-order valence-electron chi connectivity index (χ3n) is 5.29. The molecule has 0 atom stereocenters. The van der Waals surface area contributed by atoms with Gasteiger partial charge in [0.2, 0.25) is 0 Å². The van der Waals surface area contributed by atoms with Crippen molar-refractivity contribution < 1.29 is 19.9 Å². The van der Waals surface area contributed by atoms with Crippen LogP contribution in [0, 0.1) is 0 Å². The summed E-state index contributed by atoms with van der Waals surface area (Å²) in [6, 6.07) is 26.2. The smallest absolute Gasteiger partial charge is 0.170 e. The molecule has 0 fully saturated rings. The summed E-state index contributed by atoms with van der Waals surface area (Å²) in [5.41, 5.74) is 14.4. The second kappa shape index (κ2) is 13.1. The zero-order valence-electron chi connectivity index (χ0n) is 19.1. The molecule has 4 aromatic rings. The van der Waals surface area contributed by atoms with Crippen LogP contribution in [0.15, 0.2) is 95.2 Å². The van der Waals surface area contributed by atoms with Crippen LogP contribution >= 0.6 is 24.8 Å². The molecule has 10 heteroatoms. The maximum Gasteiger partial charge on any atom is 0.170 e. The first-order chi connectivity index (χ1) is 16.6. The Labute approximate surface area is 220 Å². The number of halogens is 2. The zero-order chi connectivity index (χ0) is 23.9. The number of nitrogens with two attached hydrogens (primary N) is 2. The monoisotopic (exact) mass is 528 g/mol. The number of oxime groups is 2. The standard InChI is InChI=1S/C26H24N4O4.2ClH/c27-25(29-31)19-7-1-5-17(13-19)15-33-23-11-3-10-22-21(23)9-4-12-24(22)34-16-18-6-2-8-20(14-18)26(28)30-32;;/h1-14,31-32H,15-16H2,(H2,27,29)(H2,28,30);2*1H. The van der Waals surface area contributed by atoms with Gasteiger partial charge in [-0.1, -0.05) is 71.0 Å². The molecule has 36 heavy (non-hydrogen) atoms. The Bertz CT molecular complexity index is 1270. The van der Waals surface area contributed by atoms with Crippen molar-refractivity contribution in [3.8, 4) is 11.5 Å². The summed E-state index contributed by atoms with van der Waals surface area (Å²) in [5, 5.41) is 25.7. The first kappa shape index (κ1) is 28.1. The zero-order valence-corrected chi connectivity index (χ0v) is 20.7. The molecule has 0 amide bonds. The van der Waals surface area contributed by atoms with Crippen molar-refractivity contribution in [2.24, 2.45) is 21.8 Å². The van der Waals surface area contributed by atoms with Gasteiger partial charge >= 0.3 is 0 Å². The van der Waals surface area contributed by atoms with Crippen LogP contribution in [-0.2, 0) is 13.2 Å². The largest absolute Gasteiger partial charge is 0.488 e. The minimum Gasteiger partial charge on any atom is -0.488 e. The van der Waals surface area contributed by atoms with Crippen molar-refractivity contribution in [3.05, 3.63) is 107 Å². The van der Waals surface area contributed by atoms with Gasteiger partial charge in [-0.2, -0.15) is 0 Å². The van der Waals surface area contributed by atoms with E-state index in [9.17, 15) is 0 Å². The molecule has 0 aromatic heterocycles. The molecule has 0 aliphatic rings. The Hall–Kier alpha value is -4.14. The molecular formula is C26H26Cl2N4O4. The van der Waals surface area contributed by atoms with Gasteiger partial charge in [-0.15, -0.1) is 24.8 Å². The predicted octanol–water partition coefficient (Wildman–Crippen LogP) is 5.03. The number of hydrogen-bond acceptors (Lipinski definition) is 6. The molecule has 0 aliphatic heterocycles. The predicted molar refractivity (Wildman–Crippen MR) is 145 cm³/mol. The van der Waals surface area contributed by atoms with Gasteiger partial charge in [0.05, 0.1) is 0 Å². The Morgan fingerprint density at radius 3 is 1.39 bits per heavy atom. The average Bonchev–Trinajstić information content (AvgIpc) is 2.90. The van der Waals surface area contributed by atoms with E-state index in [1.165, 1.54) is 0 Å². The number of amidine groups is 2. The number of rotatable bonds is 8. The third-order valence-corrected chi connectivity index (χ3v) is 5.29. The second-order valence-corrected chi connectivity index (χ2v) is 7.56. The highest BCUT2D eigenvalue weighted by atomic mass is 35.5. The summed E-state index contributed by atoms with van der Waals surface area (Å²) in [4.78, 5) is 0. The first-order valence-electron chi connectivity index (χ1n) is 10.5. The Morgan fingerprint density at radius 1 is 0.611 bits per heavy atom. The van der Waals surface area contributed by atoms with Gasteiger partial charge in [0.25, 0.3) is 0 Å². The maximum atomic E-state index is 8.90. The minimum absolute atomic E-state index is 0. The molecule has 0 bridgehead atoms. The highest BCUT2D eigenvalue weighted by molar-refractivity contribution is 5.97. The van der Waals surface area contributed by atoms with Crippen LogP contribution in [0.3, 0.4) is 0 Å². The van der Waals surface area contributed by atoms with E-state index in [0.29, 0.717) is 35.8 Å². The van der Waals surface area contributed by atoms with Crippen LogP contribution in [0.25, 0.3) is 10.8 Å². The molecule has 0 spiro atoms. The number of fused-ring (bicyclic) bond motifs is 1. The Morgan fingerprint density at radius 2 is 1.00 bits per heavy atom. The van der Waals surface area contributed by atoms with E-state index in [1.807, 2.05) is 72.8 Å². The molecule has 0 radical (unpaired) electrons. The number of nitrogens with zero attached hydrogens (tertiary/aromatic N) is 2. The van der Waals surface area contributed by atoms with Crippen molar-refractivity contribution in [1.29, 1.82) is 0 Å². The van der Waals surface area contributed by atoms with E-state index in [4.69, 9.17) is 31.4 Å². The van der Waals surface area contributed by atoms with Gasteiger partial charge in [-0.3, -0.25) is 0 Å². The van der Waals surface area contributed by atoms with E-state index in [0.717, 1.165) is 21.9 Å². The molecule has 4 rings (SSSR count). The summed E-state index contributed by atoms with van der Waals surface area (Å²) in [6.45, 7) is 0.634. The van der Waals surface area contributed by atoms with E-state index in [1.54, 1.807) is 12.1 Å². The lowest BCUT2D eigenvalue weighted by atomic mass is 10.1. The fourth-order valence-corrected chi connectivity index (χ4v) is 3.58. The lowest BCUT2D eigenvalue weighted by Crippen LogP contribution is -2.13. The topological polar surface area (TPSA) is 136 Å². The van der Waals surface area contributed by atoms with Crippen molar-refractivity contribution in [2.45, 2.75) is 13.2 Å². The minimum atomic E-state index is 0. The normalized spacial score (nSPS) is 11.3. The quantitative estimate of drug-likeness (QED) is 0.109. The molecule has 4 aromatic carbocycles. The molecule has 0 heterocycles. The molecule has 188 valence electrons. The summed E-state index contributed by atoms with van der Waals surface area (Å²) in [6.07, 6.45) is 0. The van der Waals surface area contributed by atoms with Crippen molar-refractivity contribution >= 4 is 47.3 Å². The first-order valence-corrected chi connectivity index (χ1v) is 10.5. The number of hydrogen-bond donors (Lipinski definition) is 4. The SMILES string of the molecule is Cl.Cl.N/C(=N\O)c1cccc(COc2cccc3c(OCc4cccc(/C(N)=N/O)c4)cccc23)c1. The summed E-state index contributed by atoms with van der Waals surface area (Å²) < 4.78 is 12.2. The van der Waals surface area contributed by atoms with Gasteiger partial charge < -0.3 is 31.4 Å². The second-order valence-electron chi connectivity index (χ2n) is 7.56. The van der Waals surface area contributed by atoms with Crippen LogP contribution in [0.2, 0.25) is 0 Å². The van der Waals surface area contributed by atoms with Crippen LogP contribution in [0.5, 0.6) is 11.5 Å². The van der Waals surface area contributed by atoms with Crippen LogP contribution in [0.1, 0.15) is 22.3 Å². The lowest BCUT2D eigenvalue weighted by Gasteiger charge is -2.13. The van der Waals surface area contributed by atoms with Crippen LogP contribution in [-0.4, -0.2) is 22.1 Å². The molecule has 6 N–H and O–H groups in total. The van der Waals surface area contributed by atoms with Crippen LogP contribution in [0.4, 0.5) is 0 Å². The highest BCUT2D eigenvalue weighted by Crippen LogP contribution is 2.33. The fourth-order valence-electron chi connectivity index (χ4n) is 3.58. The highest BCUT2D eigenvalue weighted by Gasteiger charge is 2.09. The lowest BCUT2D eigenvalue weighted by molar-refractivity contribution is 0.306. The molecule has 0 saturated heterocycles. The third kappa shape index (κ3) is 6.50. The van der Waals surface area contributed by atoms with Crippen molar-refractivity contribution in [1.82, 2.24) is 0 Å². The number of ether oxygens (including phenoxy) is 2. The van der Waals surface area contributed by atoms with Crippen molar-refractivity contribution in [2.75, 3.05) is 0 Å². The van der Waals surface area contributed by atoms with E-state index < -0.39 is 0 Å². The van der Waals surface area contributed by atoms with E-state index in [2.05, 4.69) is 10.3 Å². The molecule has 8 nitrogen and oxygen atoms in total. The summed E-state index contributed by atoms with van der Waals surface area (Å²) in [5.74, 6) is 1.52. The van der Waals surface area contributed by atoms with Gasteiger partial charge in [0.1, 0.15) is 24.7 Å². The fraction of sp³-hybridized carbons (Fsp3) is 0.0769. The van der Waals surface area contributed by atoms with Gasteiger partial charge in [0, 0.05) is 21.9 Å². The molecule has 0 unspecified atom stereocenters. The van der Waals surface area contributed by atoms with Crippen LogP contribution < -0.4 is 20.9 Å². The summed E-state index contributed by atoms with van der Waals surface area (Å²) >= 11 is 0. The molecular weight excluding hydrogens is 503 g/mol. The molecule has 0 saturated carbocycles. The van der Waals surface area contributed by atoms with Gasteiger partial charge in [0.15, 0.2) is 11.7 Å². The average molecular weight is 529 g/mol.